The van der Waals surface area contributed by atoms with Crippen LogP contribution in [-0.4, -0.2) is 32.0 Å². The highest BCUT2D eigenvalue weighted by molar-refractivity contribution is 7.89. The highest BCUT2D eigenvalue weighted by atomic mass is 32.2. The number of thiazole rings is 1. The molecule has 19 heavy (non-hydrogen) atoms. The monoisotopic (exact) mass is 298 g/mol. The lowest BCUT2D eigenvalue weighted by molar-refractivity contribution is 0.581. The lowest BCUT2D eigenvalue weighted by Crippen LogP contribution is -2.26. The summed E-state index contributed by atoms with van der Waals surface area (Å²) < 4.78 is 26.5. The first kappa shape index (κ1) is 13.9. The van der Waals surface area contributed by atoms with Gasteiger partial charge >= 0.3 is 0 Å². The molecule has 0 fully saturated rings. The number of anilines is 1. The van der Waals surface area contributed by atoms with Gasteiger partial charge in [-0.25, -0.2) is 23.1 Å². The van der Waals surface area contributed by atoms with Crippen LogP contribution in [0.2, 0.25) is 0 Å². The Morgan fingerprint density at radius 1 is 1.32 bits per heavy atom. The molecule has 2 aromatic rings. The molecule has 0 aliphatic rings. The summed E-state index contributed by atoms with van der Waals surface area (Å²) in [5, 5.41) is 5.61. The maximum absolute atomic E-state index is 12.0. The van der Waals surface area contributed by atoms with E-state index in [1.807, 2.05) is 5.38 Å². The number of hydrogen-bond acceptors (Lipinski definition) is 6. The lowest BCUT2D eigenvalue weighted by Gasteiger charge is -2.06. The maximum Gasteiger partial charge on any atom is 0.242 e. The first-order chi connectivity index (χ1) is 9.12. The van der Waals surface area contributed by atoms with Crippen LogP contribution in [0.5, 0.6) is 0 Å². The third kappa shape index (κ3) is 3.72. The predicted octanol–water partition coefficient (Wildman–Crippen LogP) is 1.10. The van der Waals surface area contributed by atoms with E-state index in [-0.39, 0.29) is 4.90 Å². The van der Waals surface area contributed by atoms with Crippen molar-refractivity contribution in [3.05, 3.63) is 34.9 Å². The van der Waals surface area contributed by atoms with Gasteiger partial charge in [-0.15, -0.1) is 11.3 Å². The summed E-state index contributed by atoms with van der Waals surface area (Å²) in [4.78, 5) is 8.23. The topological polar surface area (TPSA) is 84.0 Å². The highest BCUT2D eigenvalue weighted by Crippen LogP contribution is 2.10. The van der Waals surface area contributed by atoms with E-state index < -0.39 is 10.0 Å². The fraction of sp³-hybridized carbons (Fsp3) is 0.273. The summed E-state index contributed by atoms with van der Waals surface area (Å²) in [5.41, 5.74) is 0. The summed E-state index contributed by atoms with van der Waals surface area (Å²) in [5.74, 6) is 0.627. The van der Waals surface area contributed by atoms with E-state index in [4.69, 9.17) is 0 Å². The Kier molecular flexibility index (Phi) is 4.46. The minimum absolute atomic E-state index is 0.158. The lowest BCUT2D eigenvalue weighted by atomic mass is 10.5. The van der Waals surface area contributed by atoms with Gasteiger partial charge in [0.05, 0.1) is 5.01 Å². The first-order valence-corrected chi connectivity index (χ1v) is 8.00. The van der Waals surface area contributed by atoms with E-state index in [0.717, 1.165) is 5.01 Å². The van der Waals surface area contributed by atoms with Crippen LogP contribution in [0.1, 0.15) is 5.01 Å². The van der Waals surface area contributed by atoms with Crippen LogP contribution in [0.25, 0.3) is 0 Å². The molecule has 0 aliphatic carbocycles. The van der Waals surface area contributed by atoms with E-state index in [9.17, 15) is 8.42 Å². The number of nitrogens with one attached hydrogen (secondary N) is 2. The van der Waals surface area contributed by atoms with Crippen LogP contribution in [0.4, 0.5) is 5.82 Å². The van der Waals surface area contributed by atoms with E-state index in [1.165, 1.54) is 23.6 Å². The molecular formula is C11H14N4O2S2. The van der Waals surface area contributed by atoms with Crippen LogP contribution in [0.3, 0.4) is 0 Å². The zero-order chi connectivity index (χ0) is 13.7. The second-order valence-electron chi connectivity index (χ2n) is 3.70. The number of hydrogen-bond donors (Lipinski definition) is 2. The molecule has 0 aromatic carbocycles. The smallest absolute Gasteiger partial charge is 0.242 e. The van der Waals surface area contributed by atoms with Crippen LogP contribution in [-0.2, 0) is 16.4 Å². The number of nitrogens with zero attached hydrogens (tertiary/aromatic N) is 2. The SMILES string of the molecule is CNc1ccc(S(=O)(=O)NCCc2nccs2)cn1. The standard InChI is InChI=1S/C11H14N4O2S2/c1-12-10-3-2-9(8-14-10)19(16,17)15-5-4-11-13-6-7-18-11/h2-3,6-8,15H,4-5H2,1H3,(H,12,14). The van der Waals surface area contributed by atoms with Crippen molar-refractivity contribution in [3.8, 4) is 0 Å². The summed E-state index contributed by atoms with van der Waals surface area (Å²) in [7, 11) is -1.78. The molecule has 102 valence electrons. The summed E-state index contributed by atoms with van der Waals surface area (Å²) >= 11 is 1.51. The Hall–Kier alpha value is -1.51. The van der Waals surface area contributed by atoms with Crippen molar-refractivity contribution in [2.75, 3.05) is 18.9 Å². The maximum atomic E-state index is 12.0. The zero-order valence-electron chi connectivity index (χ0n) is 10.3. The van der Waals surface area contributed by atoms with Crippen molar-refractivity contribution in [2.45, 2.75) is 11.3 Å². The summed E-state index contributed by atoms with van der Waals surface area (Å²) in [6.45, 7) is 0.323. The van der Waals surface area contributed by atoms with Crippen molar-refractivity contribution in [3.63, 3.8) is 0 Å². The summed E-state index contributed by atoms with van der Waals surface area (Å²) in [6.07, 6.45) is 3.62. The van der Waals surface area contributed by atoms with Crippen molar-refractivity contribution >= 4 is 27.2 Å². The average molecular weight is 298 g/mol. The number of rotatable bonds is 6. The van der Waals surface area contributed by atoms with Gasteiger partial charge in [-0.1, -0.05) is 0 Å². The molecule has 0 bridgehead atoms. The van der Waals surface area contributed by atoms with Gasteiger partial charge in [0.2, 0.25) is 10.0 Å². The van der Waals surface area contributed by atoms with Gasteiger partial charge in [0.1, 0.15) is 10.7 Å². The molecule has 0 radical (unpaired) electrons. The molecule has 2 N–H and O–H groups in total. The van der Waals surface area contributed by atoms with Crippen molar-refractivity contribution in [2.24, 2.45) is 0 Å². The van der Waals surface area contributed by atoms with E-state index in [1.54, 1.807) is 19.3 Å². The van der Waals surface area contributed by atoms with Crippen molar-refractivity contribution < 1.29 is 8.42 Å². The van der Waals surface area contributed by atoms with Gasteiger partial charge in [-0.3, -0.25) is 0 Å². The fourth-order valence-electron chi connectivity index (χ4n) is 1.44. The van der Waals surface area contributed by atoms with E-state index in [2.05, 4.69) is 20.0 Å². The van der Waals surface area contributed by atoms with Crippen LogP contribution >= 0.6 is 11.3 Å². The minimum atomic E-state index is -3.50. The number of pyridine rings is 1. The van der Waals surface area contributed by atoms with Gasteiger partial charge < -0.3 is 5.32 Å². The average Bonchev–Trinajstić information content (AvgIpc) is 2.92. The van der Waals surface area contributed by atoms with Crippen molar-refractivity contribution in [1.29, 1.82) is 0 Å². The summed E-state index contributed by atoms with van der Waals surface area (Å²) in [6, 6.07) is 3.14. The molecule has 2 aromatic heterocycles. The van der Waals surface area contributed by atoms with Gasteiger partial charge in [-0.05, 0) is 12.1 Å². The van der Waals surface area contributed by atoms with Crippen LogP contribution < -0.4 is 10.0 Å². The van der Waals surface area contributed by atoms with Crippen LogP contribution in [0.15, 0.2) is 34.8 Å². The Balaban J connectivity index is 1.97. The van der Waals surface area contributed by atoms with Crippen LogP contribution in [0, 0.1) is 0 Å². The molecule has 8 heteroatoms. The third-order valence-corrected chi connectivity index (χ3v) is 4.70. The quantitative estimate of drug-likeness (QED) is 0.834. The molecule has 0 saturated carbocycles. The largest absolute Gasteiger partial charge is 0.373 e. The molecule has 0 unspecified atom stereocenters. The zero-order valence-corrected chi connectivity index (χ0v) is 12.0. The van der Waals surface area contributed by atoms with Gasteiger partial charge in [0.25, 0.3) is 0 Å². The molecule has 0 saturated heterocycles. The Morgan fingerprint density at radius 2 is 2.16 bits per heavy atom. The molecule has 6 nitrogen and oxygen atoms in total. The minimum Gasteiger partial charge on any atom is -0.373 e. The van der Waals surface area contributed by atoms with E-state index >= 15 is 0 Å². The van der Waals surface area contributed by atoms with Gasteiger partial charge in [0, 0.05) is 37.8 Å². The first-order valence-electron chi connectivity index (χ1n) is 5.63. The molecule has 2 rings (SSSR count). The Bertz CT molecular complexity index is 609. The second-order valence-corrected chi connectivity index (χ2v) is 6.45. The Labute approximate surface area is 116 Å². The van der Waals surface area contributed by atoms with E-state index in [0.29, 0.717) is 18.8 Å². The number of aromatic nitrogens is 2. The number of sulfonamides is 1. The Morgan fingerprint density at radius 3 is 2.74 bits per heavy atom. The highest BCUT2D eigenvalue weighted by Gasteiger charge is 2.13. The molecule has 2 heterocycles. The molecule has 0 atom stereocenters. The second kappa shape index (κ2) is 6.09. The van der Waals surface area contributed by atoms with Gasteiger partial charge in [-0.2, -0.15) is 0 Å². The fourth-order valence-corrected chi connectivity index (χ4v) is 3.04. The normalized spacial score (nSPS) is 11.4. The molecule has 0 spiro atoms. The third-order valence-electron chi connectivity index (χ3n) is 2.42. The predicted molar refractivity (Wildman–Crippen MR) is 74.8 cm³/mol. The van der Waals surface area contributed by atoms with Gasteiger partial charge in [0.15, 0.2) is 0 Å². The molecule has 0 amide bonds. The molecule has 0 aliphatic heterocycles. The molecular weight excluding hydrogens is 284 g/mol. The van der Waals surface area contributed by atoms with Crippen molar-refractivity contribution in [1.82, 2.24) is 14.7 Å².